The van der Waals surface area contributed by atoms with Crippen LogP contribution in [0.4, 0.5) is 24.5 Å². The summed E-state index contributed by atoms with van der Waals surface area (Å²) in [6.45, 7) is 4.39. The number of aliphatic imine (C=N–C) groups is 1. The highest BCUT2D eigenvalue weighted by Crippen LogP contribution is 2.40. The normalized spacial score (nSPS) is 14.1. The molecule has 0 saturated heterocycles. The standard InChI is InChI=1S/C24H24F3N3O4/c1-22(2,3)34-21(31)23(16-28,15-9-12-17-10-5-4-6-11-17)20(24(25,26)27)29-18-13-7-8-14-19(18)30(32)33/h4-8,10-11,13-14H,9,12,15H2,1-3H3/t23-/m1/s1. The van der Waals surface area contributed by atoms with Crippen molar-refractivity contribution in [3.63, 3.8) is 0 Å². The van der Waals surface area contributed by atoms with Crippen LogP contribution in [0.3, 0.4) is 0 Å². The first-order valence-electron chi connectivity index (χ1n) is 10.4. The molecule has 0 aliphatic heterocycles. The van der Waals surface area contributed by atoms with Gasteiger partial charge in [-0.25, -0.2) is 9.79 Å². The molecule has 2 aromatic carbocycles. The number of nitro groups is 1. The molecule has 0 spiro atoms. The summed E-state index contributed by atoms with van der Waals surface area (Å²) >= 11 is 0. The van der Waals surface area contributed by atoms with Gasteiger partial charge in [0.05, 0.1) is 11.0 Å². The van der Waals surface area contributed by atoms with E-state index in [4.69, 9.17) is 4.74 Å². The van der Waals surface area contributed by atoms with Gasteiger partial charge >= 0.3 is 12.1 Å². The second-order valence-electron chi connectivity index (χ2n) is 8.56. The van der Waals surface area contributed by atoms with E-state index in [-0.39, 0.29) is 6.42 Å². The number of ether oxygens (including phenoxy) is 1. The van der Waals surface area contributed by atoms with Crippen LogP contribution in [0.1, 0.15) is 39.2 Å². The molecule has 0 fully saturated rings. The molecule has 2 rings (SSSR count). The van der Waals surface area contributed by atoms with Crippen LogP contribution in [-0.4, -0.2) is 28.4 Å². The highest BCUT2D eigenvalue weighted by Gasteiger charge is 2.57. The van der Waals surface area contributed by atoms with Crippen molar-refractivity contribution < 1.29 is 27.6 Å². The molecule has 2 aromatic rings. The Morgan fingerprint density at radius 2 is 1.68 bits per heavy atom. The molecule has 0 saturated carbocycles. The number of halogens is 3. The summed E-state index contributed by atoms with van der Waals surface area (Å²) < 4.78 is 48.1. The Balaban J connectivity index is 2.65. The van der Waals surface area contributed by atoms with Crippen LogP contribution in [-0.2, 0) is 16.0 Å². The highest BCUT2D eigenvalue weighted by atomic mass is 19.4. The summed E-state index contributed by atoms with van der Waals surface area (Å²) in [5.74, 6) is -1.41. The lowest BCUT2D eigenvalue weighted by Gasteiger charge is -2.31. The van der Waals surface area contributed by atoms with Gasteiger partial charge in [-0.15, -0.1) is 0 Å². The van der Waals surface area contributed by atoms with E-state index < -0.39 is 51.6 Å². The molecular weight excluding hydrogens is 451 g/mol. The zero-order valence-corrected chi connectivity index (χ0v) is 18.9. The van der Waals surface area contributed by atoms with Crippen molar-refractivity contribution in [3.05, 3.63) is 70.3 Å². The van der Waals surface area contributed by atoms with Gasteiger partial charge in [0.25, 0.3) is 5.69 Å². The molecule has 0 amide bonds. The second kappa shape index (κ2) is 10.5. The van der Waals surface area contributed by atoms with Crippen molar-refractivity contribution in [2.75, 3.05) is 0 Å². The molecule has 0 bridgehead atoms. The van der Waals surface area contributed by atoms with Gasteiger partial charge in [-0.1, -0.05) is 42.5 Å². The van der Waals surface area contributed by atoms with Gasteiger partial charge in [0.2, 0.25) is 5.41 Å². The van der Waals surface area contributed by atoms with Crippen molar-refractivity contribution in [3.8, 4) is 6.07 Å². The van der Waals surface area contributed by atoms with Crippen molar-refractivity contribution in [2.24, 2.45) is 10.4 Å². The molecule has 7 nitrogen and oxygen atoms in total. The number of carbonyl (C=O) groups is 1. The van der Waals surface area contributed by atoms with E-state index in [1.807, 2.05) is 0 Å². The first-order chi connectivity index (χ1) is 15.8. The number of benzene rings is 2. The van der Waals surface area contributed by atoms with Gasteiger partial charge in [0.15, 0.2) is 5.71 Å². The number of alkyl halides is 3. The van der Waals surface area contributed by atoms with Crippen LogP contribution in [0.15, 0.2) is 59.6 Å². The van der Waals surface area contributed by atoms with E-state index in [1.54, 1.807) is 30.3 Å². The fourth-order valence-corrected chi connectivity index (χ4v) is 3.27. The van der Waals surface area contributed by atoms with Gasteiger partial charge in [-0.3, -0.25) is 10.1 Å². The third-order valence-electron chi connectivity index (χ3n) is 4.78. The molecule has 0 aromatic heterocycles. The molecule has 34 heavy (non-hydrogen) atoms. The van der Waals surface area contributed by atoms with Gasteiger partial charge < -0.3 is 4.74 Å². The predicted molar refractivity (Wildman–Crippen MR) is 120 cm³/mol. The zero-order chi connectivity index (χ0) is 25.6. The number of nitriles is 1. The maximum atomic E-state index is 14.3. The number of hydrogen-bond donors (Lipinski definition) is 0. The number of aryl methyl sites for hydroxylation is 1. The van der Waals surface area contributed by atoms with Crippen LogP contribution in [0, 0.1) is 26.9 Å². The first kappa shape index (κ1) is 26.5. The van der Waals surface area contributed by atoms with E-state index >= 15 is 0 Å². The monoisotopic (exact) mass is 475 g/mol. The molecule has 0 radical (unpaired) electrons. The molecular formula is C24H24F3N3O4. The molecule has 0 aliphatic carbocycles. The maximum Gasteiger partial charge on any atom is 0.431 e. The fourth-order valence-electron chi connectivity index (χ4n) is 3.27. The average molecular weight is 475 g/mol. The second-order valence-corrected chi connectivity index (χ2v) is 8.56. The number of nitro benzene ring substituents is 1. The van der Waals surface area contributed by atoms with Gasteiger partial charge in [-0.2, -0.15) is 18.4 Å². The average Bonchev–Trinajstić information content (AvgIpc) is 2.74. The molecule has 1 atom stereocenters. The Morgan fingerprint density at radius 1 is 1.09 bits per heavy atom. The Hall–Kier alpha value is -3.74. The molecule has 180 valence electrons. The molecule has 0 aliphatic rings. The fraction of sp³-hybridized carbons (Fsp3) is 0.375. The summed E-state index contributed by atoms with van der Waals surface area (Å²) in [6.07, 6.45) is -5.47. The summed E-state index contributed by atoms with van der Waals surface area (Å²) in [5.41, 5.74) is -6.27. The number of carbonyl (C=O) groups excluding carboxylic acids is 1. The number of rotatable bonds is 8. The van der Waals surface area contributed by atoms with Crippen molar-refractivity contribution >= 4 is 23.1 Å². The van der Waals surface area contributed by atoms with Crippen LogP contribution < -0.4 is 0 Å². The van der Waals surface area contributed by atoms with Crippen molar-refractivity contribution in [1.29, 1.82) is 5.26 Å². The van der Waals surface area contributed by atoms with Crippen molar-refractivity contribution in [1.82, 2.24) is 0 Å². The Labute approximate surface area is 195 Å². The lowest BCUT2D eigenvalue weighted by molar-refractivity contribution is -0.384. The summed E-state index contributed by atoms with van der Waals surface area (Å²) in [5, 5.41) is 21.3. The van der Waals surface area contributed by atoms with Crippen LogP contribution >= 0.6 is 0 Å². The molecule has 0 heterocycles. The van der Waals surface area contributed by atoms with E-state index in [1.165, 1.54) is 39.0 Å². The number of para-hydroxylation sites is 2. The lowest BCUT2D eigenvalue weighted by atomic mass is 9.78. The third kappa shape index (κ3) is 6.63. The topological polar surface area (TPSA) is 106 Å². The molecule has 0 unspecified atom stereocenters. The maximum absolute atomic E-state index is 14.3. The van der Waals surface area contributed by atoms with E-state index in [0.717, 1.165) is 17.7 Å². The minimum Gasteiger partial charge on any atom is -0.458 e. The quantitative estimate of drug-likeness (QED) is 0.198. The minimum absolute atomic E-state index is 0.0306. The summed E-state index contributed by atoms with van der Waals surface area (Å²) in [4.78, 5) is 27.0. The minimum atomic E-state index is -5.25. The highest BCUT2D eigenvalue weighted by molar-refractivity contribution is 6.13. The van der Waals surface area contributed by atoms with Gasteiger partial charge in [0.1, 0.15) is 11.3 Å². The van der Waals surface area contributed by atoms with Crippen LogP contribution in [0.5, 0.6) is 0 Å². The zero-order valence-electron chi connectivity index (χ0n) is 18.9. The smallest absolute Gasteiger partial charge is 0.431 e. The van der Waals surface area contributed by atoms with Crippen LogP contribution in [0.25, 0.3) is 0 Å². The summed E-state index contributed by atoms with van der Waals surface area (Å²) in [6, 6.07) is 14.9. The Kier molecular flexibility index (Phi) is 8.16. The van der Waals surface area contributed by atoms with E-state index in [2.05, 4.69) is 4.99 Å². The number of hydrogen-bond acceptors (Lipinski definition) is 6. The Bertz CT molecular complexity index is 1100. The van der Waals surface area contributed by atoms with E-state index in [0.29, 0.717) is 6.42 Å². The number of esters is 1. The summed E-state index contributed by atoms with van der Waals surface area (Å²) in [7, 11) is 0. The van der Waals surface area contributed by atoms with Gasteiger partial charge in [0, 0.05) is 6.07 Å². The molecule has 10 heteroatoms. The third-order valence-corrected chi connectivity index (χ3v) is 4.78. The van der Waals surface area contributed by atoms with E-state index in [9.17, 15) is 33.3 Å². The van der Waals surface area contributed by atoms with Crippen LogP contribution in [0.2, 0.25) is 0 Å². The SMILES string of the molecule is CC(C)(C)OC(=O)[C@@](C#N)(CCCc1ccccc1)C(=Nc1ccccc1[N+](=O)[O-])C(F)(F)F. The first-order valence-corrected chi connectivity index (χ1v) is 10.4. The Morgan fingerprint density at radius 3 is 2.21 bits per heavy atom. The number of nitrogens with zero attached hydrogens (tertiary/aromatic N) is 3. The van der Waals surface area contributed by atoms with Crippen molar-refractivity contribution in [2.45, 2.75) is 51.8 Å². The predicted octanol–water partition coefficient (Wildman–Crippen LogP) is 6.10. The van der Waals surface area contributed by atoms with Gasteiger partial charge in [-0.05, 0) is 51.7 Å². The largest absolute Gasteiger partial charge is 0.458 e. The lowest BCUT2D eigenvalue weighted by Crippen LogP contribution is -2.48. The molecule has 0 N–H and O–H groups in total.